The van der Waals surface area contributed by atoms with E-state index in [0.29, 0.717) is 45.9 Å². The number of nitrogens with one attached hydrogen (secondary N) is 1. The zero-order chi connectivity index (χ0) is 21.8. The maximum atomic E-state index is 13.0. The second-order valence-corrected chi connectivity index (χ2v) is 8.32. The number of rotatable bonds is 7. The third-order valence-corrected chi connectivity index (χ3v) is 6.16. The molecule has 4 aromatic rings. The van der Waals surface area contributed by atoms with E-state index in [1.165, 1.54) is 11.3 Å². The van der Waals surface area contributed by atoms with Gasteiger partial charge >= 0.3 is 0 Å². The second-order valence-electron chi connectivity index (χ2n) is 7.32. The van der Waals surface area contributed by atoms with Gasteiger partial charge in [-0.1, -0.05) is 30.3 Å². The molecule has 31 heavy (non-hydrogen) atoms. The minimum atomic E-state index is -0.232. The van der Waals surface area contributed by atoms with E-state index in [2.05, 4.69) is 10.3 Å². The number of aromatic nitrogens is 2. The molecule has 0 fully saturated rings. The number of carbonyl (C=O) groups is 1. The van der Waals surface area contributed by atoms with Gasteiger partial charge in [0.05, 0.1) is 23.2 Å². The Balaban J connectivity index is 1.47. The predicted molar refractivity (Wildman–Crippen MR) is 124 cm³/mol. The van der Waals surface area contributed by atoms with E-state index in [4.69, 9.17) is 4.74 Å². The molecule has 6 nitrogen and oxygen atoms in total. The third-order valence-electron chi connectivity index (χ3n) is 4.96. The number of aryl methyl sites for hydroxylation is 3. The lowest BCUT2D eigenvalue weighted by Gasteiger charge is -2.08. The van der Waals surface area contributed by atoms with Crippen LogP contribution < -0.4 is 15.6 Å². The fourth-order valence-electron chi connectivity index (χ4n) is 3.37. The molecule has 2 aromatic carbocycles. The molecular weight excluding hydrogens is 410 g/mol. The van der Waals surface area contributed by atoms with Crippen LogP contribution in [0.4, 0.5) is 5.69 Å². The van der Waals surface area contributed by atoms with Crippen molar-refractivity contribution in [1.82, 2.24) is 9.55 Å². The molecule has 1 amide bonds. The summed E-state index contributed by atoms with van der Waals surface area (Å²) in [7, 11) is 0. The van der Waals surface area contributed by atoms with Gasteiger partial charge in [-0.25, -0.2) is 4.98 Å². The fraction of sp³-hybridized carbons (Fsp3) is 0.208. The zero-order valence-electron chi connectivity index (χ0n) is 17.4. The molecule has 0 aliphatic rings. The summed E-state index contributed by atoms with van der Waals surface area (Å²) in [6.07, 6.45) is 2.22. The van der Waals surface area contributed by atoms with Gasteiger partial charge in [0.2, 0.25) is 0 Å². The number of fused-ring (bicyclic) bond motifs is 1. The Hall–Kier alpha value is -3.45. The van der Waals surface area contributed by atoms with Gasteiger partial charge in [-0.05, 0) is 55.7 Å². The molecule has 0 radical (unpaired) electrons. The van der Waals surface area contributed by atoms with E-state index in [0.717, 1.165) is 11.3 Å². The number of carbonyl (C=O) groups excluding carboxylic acids is 1. The average Bonchev–Trinajstić information content (AvgIpc) is 3.11. The van der Waals surface area contributed by atoms with Crippen LogP contribution in [-0.4, -0.2) is 22.1 Å². The highest BCUT2D eigenvalue weighted by molar-refractivity contribution is 7.20. The van der Waals surface area contributed by atoms with Crippen molar-refractivity contribution in [3.63, 3.8) is 0 Å². The van der Waals surface area contributed by atoms with E-state index in [9.17, 15) is 9.59 Å². The van der Waals surface area contributed by atoms with Crippen molar-refractivity contribution < 1.29 is 9.53 Å². The maximum absolute atomic E-state index is 13.0. The molecular formula is C24H23N3O3S. The van der Waals surface area contributed by atoms with Crippen LogP contribution in [-0.2, 0) is 6.54 Å². The van der Waals surface area contributed by atoms with E-state index in [1.807, 2.05) is 61.5 Å². The minimum absolute atomic E-state index is 0.131. The van der Waals surface area contributed by atoms with E-state index in [1.54, 1.807) is 17.8 Å². The summed E-state index contributed by atoms with van der Waals surface area (Å²) in [5.74, 6) is 0.591. The first kappa shape index (κ1) is 20.8. The first-order chi connectivity index (χ1) is 15.0. The lowest BCUT2D eigenvalue weighted by atomic mass is 10.2. The standard InChI is InChI=1S/C24H23N3O3S/c1-16-8-6-11-19(14-16)30-13-7-12-27-15-25-23-20(24(27)29)17(2)21(31-23)22(28)26-18-9-4-3-5-10-18/h3-6,8-11,14-15H,7,12-13H2,1-2H3,(H,26,28). The van der Waals surface area contributed by atoms with Crippen molar-refractivity contribution in [3.8, 4) is 5.75 Å². The van der Waals surface area contributed by atoms with Gasteiger partial charge < -0.3 is 10.1 Å². The predicted octanol–water partition coefficient (Wildman–Crippen LogP) is 4.80. The van der Waals surface area contributed by atoms with E-state index < -0.39 is 0 Å². The molecule has 4 rings (SSSR count). The smallest absolute Gasteiger partial charge is 0.266 e. The SMILES string of the molecule is Cc1cccc(OCCCn2cnc3sc(C(=O)Nc4ccccc4)c(C)c3c2=O)c1. The average molecular weight is 434 g/mol. The number of amides is 1. The quantitative estimate of drug-likeness (QED) is 0.425. The lowest BCUT2D eigenvalue weighted by Crippen LogP contribution is -2.21. The Morgan fingerprint density at radius 2 is 1.94 bits per heavy atom. The summed E-state index contributed by atoms with van der Waals surface area (Å²) < 4.78 is 7.35. The molecule has 0 aliphatic heterocycles. The normalized spacial score (nSPS) is 10.9. The molecule has 0 aliphatic carbocycles. The van der Waals surface area contributed by atoms with Crippen LogP contribution in [0.15, 0.2) is 65.7 Å². The molecule has 2 heterocycles. The van der Waals surface area contributed by atoms with Crippen LogP contribution in [0.1, 0.15) is 27.2 Å². The highest BCUT2D eigenvalue weighted by Gasteiger charge is 2.19. The van der Waals surface area contributed by atoms with E-state index >= 15 is 0 Å². The van der Waals surface area contributed by atoms with Crippen LogP contribution in [0.25, 0.3) is 10.2 Å². The Labute approximate surface area is 184 Å². The number of hydrogen-bond acceptors (Lipinski definition) is 5. The van der Waals surface area contributed by atoms with Crippen LogP contribution in [0, 0.1) is 13.8 Å². The van der Waals surface area contributed by atoms with Crippen LogP contribution in [0.2, 0.25) is 0 Å². The number of thiophene rings is 1. The summed E-state index contributed by atoms with van der Waals surface area (Å²) in [4.78, 5) is 31.2. The molecule has 158 valence electrons. The molecule has 0 spiro atoms. The van der Waals surface area contributed by atoms with Crippen LogP contribution >= 0.6 is 11.3 Å². The summed E-state index contributed by atoms with van der Waals surface area (Å²) in [6, 6.07) is 17.1. The van der Waals surface area contributed by atoms with Gasteiger partial charge in [0.1, 0.15) is 10.6 Å². The van der Waals surface area contributed by atoms with Crippen LogP contribution in [0.5, 0.6) is 5.75 Å². The summed E-state index contributed by atoms with van der Waals surface area (Å²) in [5, 5.41) is 3.38. The Morgan fingerprint density at radius 1 is 1.13 bits per heavy atom. The monoisotopic (exact) mass is 433 g/mol. The largest absolute Gasteiger partial charge is 0.494 e. The van der Waals surface area contributed by atoms with Crippen molar-refractivity contribution in [2.75, 3.05) is 11.9 Å². The summed E-state index contributed by atoms with van der Waals surface area (Å²) >= 11 is 1.24. The molecule has 0 bridgehead atoms. The number of anilines is 1. The summed E-state index contributed by atoms with van der Waals surface area (Å²) in [5.41, 5.74) is 2.39. The molecule has 7 heteroatoms. The lowest BCUT2D eigenvalue weighted by molar-refractivity contribution is 0.103. The number of ether oxygens (including phenoxy) is 1. The third kappa shape index (κ3) is 4.67. The number of benzene rings is 2. The van der Waals surface area contributed by atoms with Crippen molar-refractivity contribution in [2.45, 2.75) is 26.8 Å². The highest BCUT2D eigenvalue weighted by atomic mass is 32.1. The van der Waals surface area contributed by atoms with Gasteiger partial charge in [-0.3, -0.25) is 14.2 Å². The number of hydrogen-bond donors (Lipinski definition) is 1. The molecule has 2 aromatic heterocycles. The van der Waals surface area contributed by atoms with Crippen molar-refractivity contribution in [1.29, 1.82) is 0 Å². The van der Waals surface area contributed by atoms with Crippen molar-refractivity contribution in [2.24, 2.45) is 0 Å². The van der Waals surface area contributed by atoms with Gasteiger partial charge in [0.15, 0.2) is 0 Å². The molecule has 0 saturated heterocycles. The Kier molecular flexibility index (Phi) is 6.13. The Morgan fingerprint density at radius 3 is 2.71 bits per heavy atom. The van der Waals surface area contributed by atoms with Crippen molar-refractivity contribution >= 4 is 33.1 Å². The molecule has 1 N–H and O–H groups in total. The van der Waals surface area contributed by atoms with Crippen molar-refractivity contribution in [3.05, 3.63) is 87.3 Å². The molecule has 0 atom stereocenters. The fourth-order valence-corrected chi connectivity index (χ4v) is 4.41. The first-order valence-corrected chi connectivity index (χ1v) is 10.9. The number of nitrogens with zero attached hydrogens (tertiary/aromatic N) is 2. The second kappa shape index (κ2) is 9.14. The highest BCUT2D eigenvalue weighted by Crippen LogP contribution is 2.27. The van der Waals surface area contributed by atoms with Crippen LogP contribution in [0.3, 0.4) is 0 Å². The summed E-state index contributed by atoms with van der Waals surface area (Å²) in [6.45, 7) is 4.81. The van der Waals surface area contributed by atoms with Gasteiger partial charge in [0, 0.05) is 12.2 Å². The van der Waals surface area contributed by atoms with Gasteiger partial charge in [0.25, 0.3) is 11.5 Å². The van der Waals surface area contributed by atoms with Gasteiger partial charge in [-0.2, -0.15) is 0 Å². The molecule has 0 saturated carbocycles. The minimum Gasteiger partial charge on any atom is -0.494 e. The maximum Gasteiger partial charge on any atom is 0.266 e. The number of para-hydroxylation sites is 1. The zero-order valence-corrected chi connectivity index (χ0v) is 18.2. The molecule has 0 unspecified atom stereocenters. The topological polar surface area (TPSA) is 73.2 Å². The Bertz CT molecular complexity index is 1280. The first-order valence-electron chi connectivity index (χ1n) is 10.1. The van der Waals surface area contributed by atoms with E-state index in [-0.39, 0.29) is 11.5 Å². The van der Waals surface area contributed by atoms with Gasteiger partial charge in [-0.15, -0.1) is 11.3 Å².